The first kappa shape index (κ1) is 32.3. The summed E-state index contributed by atoms with van der Waals surface area (Å²) in [5, 5.41) is 2.95. The van der Waals surface area contributed by atoms with Gasteiger partial charge in [-0.3, -0.25) is 14.7 Å². The molecule has 0 spiro atoms. The van der Waals surface area contributed by atoms with E-state index in [0.29, 0.717) is 43.0 Å². The number of nitrogens with one attached hydrogen (secondary N) is 2. The summed E-state index contributed by atoms with van der Waals surface area (Å²) in [7, 11) is 0.441. The molecule has 10 nitrogen and oxygen atoms in total. The van der Waals surface area contributed by atoms with Crippen LogP contribution in [0, 0.1) is 0 Å². The summed E-state index contributed by atoms with van der Waals surface area (Å²) in [6.07, 6.45) is 2.44. The van der Waals surface area contributed by atoms with Gasteiger partial charge in [-0.25, -0.2) is 13.1 Å². The average molecular weight is 645 g/mol. The molecule has 2 saturated heterocycles. The topological polar surface area (TPSA) is 107 Å². The zero-order valence-electron chi connectivity index (χ0n) is 26.7. The van der Waals surface area contributed by atoms with Crippen LogP contribution in [0.5, 0.6) is 0 Å². The normalized spacial score (nSPS) is 19.8. The molecular formula is C35H44N6O4S. The second kappa shape index (κ2) is 14.4. The van der Waals surface area contributed by atoms with Crippen LogP contribution in [-0.2, 0) is 19.6 Å². The molecule has 2 fully saturated rings. The fourth-order valence-electron chi connectivity index (χ4n) is 6.40. The highest BCUT2D eigenvalue weighted by atomic mass is 32.2. The summed E-state index contributed by atoms with van der Waals surface area (Å²) in [6, 6.07) is 22.5. The van der Waals surface area contributed by atoms with E-state index >= 15 is 0 Å². The van der Waals surface area contributed by atoms with Crippen LogP contribution < -0.4 is 14.9 Å². The summed E-state index contributed by atoms with van der Waals surface area (Å²) in [4.78, 5) is 25.9. The number of anilines is 2. The van der Waals surface area contributed by atoms with Crippen LogP contribution in [0.2, 0.25) is 0 Å². The van der Waals surface area contributed by atoms with Crippen LogP contribution in [0.4, 0.5) is 17.1 Å². The Labute approximate surface area is 272 Å². The quantitative estimate of drug-likeness (QED) is 0.303. The monoisotopic (exact) mass is 644 g/mol. The maximum absolute atomic E-state index is 13.5. The number of nitrogens with zero attached hydrogens (tertiary/aromatic N) is 4. The van der Waals surface area contributed by atoms with Crippen molar-refractivity contribution in [1.82, 2.24) is 14.5 Å². The number of aliphatic imine (C=N–C) groups is 1. The van der Waals surface area contributed by atoms with Gasteiger partial charge in [0.25, 0.3) is 0 Å². The third-order valence-corrected chi connectivity index (χ3v) is 10.5. The molecule has 1 unspecified atom stereocenters. The standard InChI is InChI=1S/C35H44N6O4S/c1-39(2)17-6-18-40-19-21-41(22-20-40)29-11-9-27(10-12-29)36-34(26-7-4-3-5-8-26)33-31-25-30(13-14-32(31)37-35(33)42)46(43,44)38-28-15-23-45-24-16-28/h3-5,7-14,25,28,33,38H,6,15-24H2,1-2H3,(H,37,42). The van der Waals surface area contributed by atoms with E-state index in [2.05, 4.69) is 51.0 Å². The number of piperazine rings is 1. The first-order valence-electron chi connectivity index (χ1n) is 16.2. The van der Waals surface area contributed by atoms with Crippen molar-refractivity contribution in [2.45, 2.75) is 36.1 Å². The van der Waals surface area contributed by atoms with E-state index < -0.39 is 15.9 Å². The molecule has 244 valence electrons. The third-order valence-electron chi connectivity index (χ3n) is 8.97. The Morgan fingerprint density at radius 2 is 1.70 bits per heavy atom. The van der Waals surface area contributed by atoms with Crippen molar-refractivity contribution < 1.29 is 17.9 Å². The smallest absolute Gasteiger partial charge is 0.240 e. The van der Waals surface area contributed by atoms with Crippen molar-refractivity contribution in [3.8, 4) is 0 Å². The maximum Gasteiger partial charge on any atom is 0.240 e. The van der Waals surface area contributed by atoms with Crippen LogP contribution in [-0.4, -0.2) is 102 Å². The molecule has 0 saturated carbocycles. The maximum atomic E-state index is 13.5. The largest absolute Gasteiger partial charge is 0.381 e. The predicted molar refractivity (Wildman–Crippen MR) is 183 cm³/mol. The summed E-state index contributed by atoms with van der Waals surface area (Å²) in [5.74, 6) is -1.000. The fourth-order valence-corrected chi connectivity index (χ4v) is 7.74. The molecule has 46 heavy (non-hydrogen) atoms. The van der Waals surface area contributed by atoms with Crippen molar-refractivity contribution >= 4 is 38.7 Å². The van der Waals surface area contributed by atoms with Gasteiger partial charge in [0.15, 0.2) is 0 Å². The Bertz CT molecular complexity index is 1630. The number of hydrogen-bond donors (Lipinski definition) is 2. The molecule has 2 N–H and O–H groups in total. The van der Waals surface area contributed by atoms with E-state index in [0.717, 1.165) is 56.2 Å². The van der Waals surface area contributed by atoms with Crippen LogP contribution in [0.15, 0.2) is 82.7 Å². The zero-order valence-corrected chi connectivity index (χ0v) is 27.5. The molecular weight excluding hydrogens is 600 g/mol. The Balaban J connectivity index is 1.23. The van der Waals surface area contributed by atoms with E-state index in [4.69, 9.17) is 9.73 Å². The Hall–Kier alpha value is -3.61. The summed E-state index contributed by atoms with van der Waals surface area (Å²) >= 11 is 0. The molecule has 1 atom stereocenters. The number of benzene rings is 3. The van der Waals surface area contributed by atoms with Crippen molar-refractivity contribution in [2.24, 2.45) is 4.99 Å². The first-order valence-corrected chi connectivity index (χ1v) is 17.7. The van der Waals surface area contributed by atoms with Gasteiger partial charge in [-0.2, -0.15) is 0 Å². The summed E-state index contributed by atoms with van der Waals surface area (Å²) in [5.41, 5.74) is 4.46. The van der Waals surface area contributed by atoms with Gasteiger partial charge in [0.1, 0.15) is 5.92 Å². The molecule has 3 aromatic carbocycles. The first-order chi connectivity index (χ1) is 22.3. The number of rotatable bonds is 11. The number of hydrogen-bond acceptors (Lipinski definition) is 8. The molecule has 0 aromatic heterocycles. The number of carbonyl (C=O) groups is 1. The van der Waals surface area contributed by atoms with E-state index in [1.54, 1.807) is 18.2 Å². The molecule has 3 aliphatic heterocycles. The summed E-state index contributed by atoms with van der Waals surface area (Å²) in [6.45, 7) is 7.34. The number of ether oxygens (including phenoxy) is 1. The molecule has 3 aromatic rings. The van der Waals surface area contributed by atoms with E-state index in [1.807, 2.05) is 42.5 Å². The third kappa shape index (κ3) is 7.67. The van der Waals surface area contributed by atoms with Crippen molar-refractivity contribution in [1.29, 1.82) is 0 Å². The minimum Gasteiger partial charge on any atom is -0.381 e. The molecule has 0 bridgehead atoms. The molecule has 0 aliphatic carbocycles. The lowest BCUT2D eigenvalue weighted by molar-refractivity contribution is -0.115. The van der Waals surface area contributed by atoms with Gasteiger partial charge in [-0.15, -0.1) is 0 Å². The van der Waals surface area contributed by atoms with Gasteiger partial charge in [-0.1, -0.05) is 30.3 Å². The van der Waals surface area contributed by atoms with Crippen molar-refractivity contribution in [3.05, 3.63) is 83.9 Å². The Morgan fingerprint density at radius 1 is 0.978 bits per heavy atom. The molecule has 1 amide bonds. The number of amides is 1. The molecule has 3 aliphatic rings. The highest BCUT2D eigenvalue weighted by molar-refractivity contribution is 7.89. The SMILES string of the molecule is CN(C)CCCN1CCN(c2ccc(N=C(c3ccccc3)C3C(=O)Nc4ccc(S(=O)(=O)NC5CCOCC5)cc43)cc2)CC1. The van der Waals surface area contributed by atoms with Crippen LogP contribution in [0.3, 0.4) is 0 Å². The van der Waals surface area contributed by atoms with Gasteiger partial charge >= 0.3 is 0 Å². The molecule has 11 heteroatoms. The van der Waals surface area contributed by atoms with Gasteiger partial charge in [0, 0.05) is 56.8 Å². The number of fused-ring (bicyclic) bond motifs is 1. The highest BCUT2D eigenvalue weighted by Crippen LogP contribution is 2.38. The minimum absolute atomic E-state index is 0.133. The van der Waals surface area contributed by atoms with Crippen LogP contribution >= 0.6 is 0 Å². The Morgan fingerprint density at radius 3 is 2.39 bits per heavy atom. The molecule has 6 rings (SSSR count). The van der Waals surface area contributed by atoms with Crippen molar-refractivity contribution in [3.63, 3.8) is 0 Å². The van der Waals surface area contributed by atoms with Crippen LogP contribution in [0.25, 0.3) is 0 Å². The van der Waals surface area contributed by atoms with Gasteiger partial charge < -0.3 is 19.9 Å². The zero-order chi connectivity index (χ0) is 32.1. The van der Waals surface area contributed by atoms with Gasteiger partial charge in [-0.05, 0) is 100 Å². The highest BCUT2D eigenvalue weighted by Gasteiger charge is 2.37. The van der Waals surface area contributed by atoms with Gasteiger partial charge in [0.05, 0.1) is 16.3 Å². The predicted octanol–water partition coefficient (Wildman–Crippen LogP) is 4.07. The van der Waals surface area contributed by atoms with Crippen LogP contribution in [0.1, 0.15) is 36.3 Å². The van der Waals surface area contributed by atoms with Gasteiger partial charge in [0.2, 0.25) is 15.9 Å². The van der Waals surface area contributed by atoms with Crippen molar-refractivity contribution in [2.75, 3.05) is 76.8 Å². The van der Waals surface area contributed by atoms with E-state index in [1.165, 1.54) is 6.42 Å². The fraction of sp³-hybridized carbons (Fsp3) is 0.429. The lowest BCUT2D eigenvalue weighted by Gasteiger charge is -2.36. The molecule has 3 heterocycles. The lowest BCUT2D eigenvalue weighted by atomic mass is 9.90. The Kier molecular flexibility index (Phi) is 10.1. The summed E-state index contributed by atoms with van der Waals surface area (Å²) < 4.78 is 35.0. The lowest BCUT2D eigenvalue weighted by Crippen LogP contribution is -2.46. The second-order valence-electron chi connectivity index (χ2n) is 12.5. The molecule has 0 radical (unpaired) electrons. The second-order valence-corrected chi connectivity index (χ2v) is 14.3. The van der Waals surface area contributed by atoms with E-state index in [9.17, 15) is 13.2 Å². The average Bonchev–Trinajstić information content (AvgIpc) is 3.39. The number of carbonyl (C=O) groups excluding carboxylic acids is 1. The van der Waals surface area contributed by atoms with E-state index in [-0.39, 0.29) is 16.8 Å². The number of sulfonamides is 1. The minimum atomic E-state index is -3.79.